The van der Waals surface area contributed by atoms with Gasteiger partial charge in [0.2, 0.25) is 5.91 Å². The third-order valence-electron chi connectivity index (χ3n) is 4.87. The van der Waals surface area contributed by atoms with Crippen molar-refractivity contribution in [1.82, 2.24) is 0 Å². The number of carboxylic acid groups (broad SMARTS) is 1. The first-order valence-electron chi connectivity index (χ1n) is 9.56. The monoisotopic (exact) mass is 425 g/mol. The van der Waals surface area contributed by atoms with E-state index in [2.05, 4.69) is 5.32 Å². The minimum atomic E-state index is -1.08. The first-order chi connectivity index (χ1) is 14.3. The van der Waals surface area contributed by atoms with Gasteiger partial charge >= 0.3 is 5.97 Å². The van der Waals surface area contributed by atoms with Crippen LogP contribution in [0.15, 0.2) is 48.5 Å². The highest BCUT2D eigenvalue weighted by Gasteiger charge is 2.34. The van der Waals surface area contributed by atoms with Crippen molar-refractivity contribution in [3.63, 3.8) is 0 Å². The maximum Gasteiger partial charge on any atom is 0.346 e. The summed E-state index contributed by atoms with van der Waals surface area (Å²) in [6.45, 7) is 3.87. The third-order valence-corrected chi connectivity index (χ3v) is 6.16. The van der Waals surface area contributed by atoms with Gasteiger partial charge in [0.1, 0.15) is 16.4 Å². The van der Waals surface area contributed by atoms with E-state index in [4.69, 9.17) is 4.74 Å². The number of hydrogen-bond acceptors (Lipinski definition) is 4. The molecule has 0 fully saturated rings. The van der Waals surface area contributed by atoms with Crippen LogP contribution in [0.3, 0.4) is 0 Å². The van der Waals surface area contributed by atoms with E-state index in [0.717, 1.165) is 21.8 Å². The highest BCUT2D eigenvalue weighted by Crippen LogP contribution is 2.49. The molecule has 5 nitrogen and oxygen atoms in total. The van der Waals surface area contributed by atoms with Crippen LogP contribution in [0.25, 0.3) is 11.1 Å². The van der Waals surface area contributed by atoms with E-state index in [1.165, 1.54) is 24.3 Å². The van der Waals surface area contributed by atoms with Crippen molar-refractivity contribution in [2.24, 2.45) is 0 Å². The molecule has 30 heavy (non-hydrogen) atoms. The topological polar surface area (TPSA) is 75.6 Å². The number of ether oxygens (including phenoxy) is 1. The van der Waals surface area contributed by atoms with Crippen molar-refractivity contribution < 1.29 is 23.8 Å². The summed E-state index contributed by atoms with van der Waals surface area (Å²) in [5.74, 6) is -1.28. The number of anilines is 1. The Balaban J connectivity index is 1.86. The predicted octanol–water partition coefficient (Wildman–Crippen LogP) is 5.51. The lowest BCUT2D eigenvalue weighted by Gasteiger charge is -2.24. The van der Waals surface area contributed by atoms with E-state index in [1.807, 2.05) is 38.1 Å². The van der Waals surface area contributed by atoms with Crippen LogP contribution in [-0.2, 0) is 4.79 Å². The molecular weight excluding hydrogens is 405 g/mol. The molecule has 0 spiro atoms. The molecule has 2 N–H and O–H groups in total. The van der Waals surface area contributed by atoms with E-state index < -0.39 is 11.8 Å². The molecule has 1 amide bonds. The number of fused-ring (bicyclic) bond motifs is 1. The lowest BCUT2D eigenvalue weighted by Crippen LogP contribution is -2.22. The number of thiophene rings is 1. The Morgan fingerprint density at radius 3 is 2.63 bits per heavy atom. The van der Waals surface area contributed by atoms with Gasteiger partial charge in [-0.1, -0.05) is 24.3 Å². The number of benzene rings is 2. The molecule has 1 aromatic heterocycles. The summed E-state index contributed by atoms with van der Waals surface area (Å²) in [6, 6.07) is 13.1. The molecule has 0 saturated carbocycles. The minimum absolute atomic E-state index is 0.0101. The first-order valence-corrected chi connectivity index (χ1v) is 10.4. The Bertz CT molecular complexity index is 1120. The summed E-state index contributed by atoms with van der Waals surface area (Å²) in [6.07, 6.45) is 0.219. The zero-order valence-corrected chi connectivity index (χ0v) is 17.3. The standard InChI is InChI=1S/C23H20FNO4S/c1-12(2)29-16-5-3-4-14(10-16)17-11-18(26)25-20-19(13-6-8-15(24)9-7-13)22(23(27)28)30-21(17)20/h3-10,12,17H,11H2,1-2H3,(H,25,26)(H,27,28). The number of hydrogen-bond donors (Lipinski definition) is 2. The van der Waals surface area contributed by atoms with Crippen molar-refractivity contribution in [2.45, 2.75) is 32.3 Å². The van der Waals surface area contributed by atoms with Crippen LogP contribution < -0.4 is 10.1 Å². The number of carbonyl (C=O) groups excluding carboxylic acids is 1. The summed E-state index contributed by atoms with van der Waals surface area (Å²) in [5, 5.41) is 12.6. The molecule has 0 aliphatic carbocycles. The van der Waals surface area contributed by atoms with Gasteiger partial charge in [-0.2, -0.15) is 0 Å². The summed E-state index contributed by atoms with van der Waals surface area (Å²) >= 11 is 1.14. The summed E-state index contributed by atoms with van der Waals surface area (Å²) in [5.41, 5.74) is 2.33. The van der Waals surface area contributed by atoms with Gasteiger partial charge in [0.15, 0.2) is 0 Å². The molecule has 1 aliphatic rings. The smallest absolute Gasteiger partial charge is 0.346 e. The Morgan fingerprint density at radius 2 is 1.97 bits per heavy atom. The maximum atomic E-state index is 13.4. The normalized spacial score (nSPS) is 15.6. The second-order valence-corrected chi connectivity index (χ2v) is 8.45. The summed E-state index contributed by atoms with van der Waals surface area (Å²) < 4.78 is 19.2. The van der Waals surface area contributed by atoms with Gasteiger partial charge in [-0.25, -0.2) is 9.18 Å². The molecule has 1 aliphatic heterocycles. The van der Waals surface area contributed by atoms with E-state index in [0.29, 0.717) is 22.6 Å². The predicted molar refractivity (Wildman–Crippen MR) is 114 cm³/mol. The summed E-state index contributed by atoms with van der Waals surface area (Å²) in [4.78, 5) is 25.4. The van der Waals surface area contributed by atoms with Crippen LogP contribution in [0.5, 0.6) is 5.75 Å². The number of carboxylic acids is 1. The number of halogens is 1. The Morgan fingerprint density at radius 1 is 1.23 bits per heavy atom. The van der Waals surface area contributed by atoms with E-state index in [1.54, 1.807) is 0 Å². The Hall–Kier alpha value is -3.19. The quantitative estimate of drug-likeness (QED) is 0.565. The molecule has 1 atom stereocenters. The van der Waals surface area contributed by atoms with Gasteiger partial charge in [0.05, 0.1) is 11.8 Å². The van der Waals surface area contributed by atoms with Crippen LogP contribution in [0.4, 0.5) is 10.1 Å². The highest BCUT2D eigenvalue weighted by atomic mass is 32.1. The third kappa shape index (κ3) is 3.80. The van der Waals surface area contributed by atoms with Crippen LogP contribution in [-0.4, -0.2) is 23.1 Å². The molecule has 3 aromatic rings. The molecule has 0 saturated heterocycles. The highest BCUT2D eigenvalue weighted by molar-refractivity contribution is 7.15. The van der Waals surface area contributed by atoms with Crippen LogP contribution in [0.1, 0.15) is 46.3 Å². The lowest BCUT2D eigenvalue weighted by atomic mass is 9.88. The number of carbonyl (C=O) groups is 2. The van der Waals surface area contributed by atoms with Gasteiger partial charge < -0.3 is 15.2 Å². The molecule has 1 unspecified atom stereocenters. The van der Waals surface area contributed by atoms with Gasteiger partial charge in [0.25, 0.3) is 0 Å². The lowest BCUT2D eigenvalue weighted by molar-refractivity contribution is -0.116. The SMILES string of the molecule is CC(C)Oc1cccc(C2CC(=O)Nc3c2sc(C(=O)O)c3-c2ccc(F)cc2)c1. The summed E-state index contributed by atoms with van der Waals surface area (Å²) in [7, 11) is 0. The van der Waals surface area contributed by atoms with Gasteiger partial charge in [-0.3, -0.25) is 4.79 Å². The van der Waals surface area contributed by atoms with E-state index in [9.17, 15) is 19.1 Å². The molecule has 154 valence electrons. The van der Waals surface area contributed by atoms with Crippen molar-refractivity contribution >= 4 is 28.9 Å². The fourth-order valence-corrected chi connectivity index (χ4v) is 4.92. The average molecular weight is 425 g/mol. The fourth-order valence-electron chi connectivity index (χ4n) is 3.68. The number of nitrogens with one attached hydrogen (secondary N) is 1. The number of amides is 1. The van der Waals surface area contributed by atoms with Gasteiger partial charge in [-0.15, -0.1) is 11.3 Å². The van der Waals surface area contributed by atoms with Crippen LogP contribution >= 0.6 is 11.3 Å². The van der Waals surface area contributed by atoms with Crippen molar-refractivity contribution in [3.05, 3.63) is 69.7 Å². The largest absolute Gasteiger partial charge is 0.491 e. The van der Waals surface area contributed by atoms with Crippen molar-refractivity contribution in [1.29, 1.82) is 0 Å². The second-order valence-electron chi connectivity index (χ2n) is 7.40. The van der Waals surface area contributed by atoms with E-state index in [-0.39, 0.29) is 29.2 Å². The van der Waals surface area contributed by atoms with Gasteiger partial charge in [-0.05, 0) is 49.2 Å². The molecule has 2 aromatic carbocycles. The first kappa shape index (κ1) is 20.1. The molecule has 7 heteroatoms. The van der Waals surface area contributed by atoms with Crippen LogP contribution in [0.2, 0.25) is 0 Å². The number of aromatic carboxylic acids is 1. The molecular formula is C23H20FNO4S. The minimum Gasteiger partial charge on any atom is -0.491 e. The maximum absolute atomic E-state index is 13.4. The molecule has 0 radical (unpaired) electrons. The number of rotatable bonds is 5. The zero-order valence-electron chi connectivity index (χ0n) is 16.4. The van der Waals surface area contributed by atoms with Crippen molar-refractivity contribution in [3.8, 4) is 16.9 Å². The Kier molecular flexibility index (Phi) is 5.30. The molecule has 4 rings (SSSR count). The van der Waals surface area contributed by atoms with Crippen molar-refractivity contribution in [2.75, 3.05) is 5.32 Å². The van der Waals surface area contributed by atoms with Gasteiger partial charge in [0, 0.05) is 22.8 Å². The Labute approximate surface area is 177 Å². The van der Waals surface area contributed by atoms with Crippen LogP contribution in [0, 0.1) is 5.82 Å². The average Bonchev–Trinajstić information content (AvgIpc) is 3.07. The second kappa shape index (κ2) is 7.91. The molecule has 0 bridgehead atoms. The molecule has 2 heterocycles. The van der Waals surface area contributed by atoms with E-state index >= 15 is 0 Å². The zero-order chi connectivity index (χ0) is 21.4. The fraction of sp³-hybridized carbons (Fsp3) is 0.217.